The third kappa shape index (κ3) is 3.65. The van der Waals surface area contributed by atoms with E-state index in [2.05, 4.69) is 19.0 Å². The van der Waals surface area contributed by atoms with Crippen molar-refractivity contribution in [3.05, 3.63) is 6.92 Å². The maximum Gasteiger partial charge on any atom is 0.0574 e. The van der Waals surface area contributed by atoms with Gasteiger partial charge in [-0.15, -0.1) is 0 Å². The second-order valence-corrected chi connectivity index (χ2v) is 1.77. The van der Waals surface area contributed by atoms with E-state index in [1.807, 2.05) is 0 Å². The molecular weight excluding hydrogens is 102 g/mol. The summed E-state index contributed by atoms with van der Waals surface area (Å²) in [6, 6.07) is 0. The summed E-state index contributed by atoms with van der Waals surface area (Å²) >= 11 is 0. The van der Waals surface area contributed by atoms with Gasteiger partial charge in [0, 0.05) is 0 Å². The smallest absolute Gasteiger partial charge is 0.0574 e. The molecule has 0 aromatic rings. The predicted molar refractivity (Wildman–Crippen MR) is 34.1 cm³/mol. The molecule has 0 atom stereocenters. The maximum absolute atomic E-state index is 8.09. The molecule has 0 rings (SSSR count). The first-order valence-corrected chi connectivity index (χ1v) is 2.84. The van der Waals surface area contributed by atoms with E-state index >= 15 is 0 Å². The lowest BCUT2D eigenvalue weighted by atomic mass is 10.2. The average Bonchev–Trinajstić information content (AvgIpc) is 1.83. The molecule has 0 aliphatic heterocycles. The minimum Gasteiger partial charge on any atom is -0.411 e. The van der Waals surface area contributed by atoms with Gasteiger partial charge >= 0.3 is 0 Å². The van der Waals surface area contributed by atoms with Crippen LogP contribution in [0, 0.1) is 6.92 Å². The van der Waals surface area contributed by atoms with Gasteiger partial charge in [-0.05, 0) is 19.8 Å². The van der Waals surface area contributed by atoms with Gasteiger partial charge in [-0.3, -0.25) is 0 Å². The zero-order valence-electron chi connectivity index (χ0n) is 5.22. The van der Waals surface area contributed by atoms with Gasteiger partial charge in [0.15, 0.2) is 0 Å². The number of hydrogen-bond donors (Lipinski definition) is 1. The number of unbranched alkanes of at least 4 members (excludes halogenated alkanes) is 1. The molecule has 1 radical (unpaired) electrons. The van der Waals surface area contributed by atoms with Gasteiger partial charge in [0.05, 0.1) is 5.71 Å². The Bertz CT molecular complexity index is 78.6. The minimum absolute atomic E-state index is 0.576. The number of rotatable bonds is 3. The second-order valence-electron chi connectivity index (χ2n) is 1.77. The van der Waals surface area contributed by atoms with Crippen LogP contribution in [0.1, 0.15) is 26.2 Å². The fraction of sp³-hybridized carbons (Fsp3) is 0.667. The van der Waals surface area contributed by atoms with Crippen LogP contribution in [-0.4, -0.2) is 10.9 Å². The molecule has 0 saturated carbocycles. The third-order valence-corrected chi connectivity index (χ3v) is 0.960. The average molecular weight is 114 g/mol. The van der Waals surface area contributed by atoms with E-state index < -0.39 is 0 Å². The van der Waals surface area contributed by atoms with Crippen LogP contribution < -0.4 is 0 Å². The highest BCUT2D eigenvalue weighted by molar-refractivity contribution is 5.87. The zero-order chi connectivity index (χ0) is 6.41. The lowest BCUT2D eigenvalue weighted by Crippen LogP contribution is -1.89. The molecule has 0 aliphatic rings. The second kappa shape index (κ2) is 4.62. The molecule has 0 aliphatic carbocycles. The Morgan fingerprint density at radius 2 is 2.38 bits per heavy atom. The molecule has 47 valence electrons. The first-order valence-electron chi connectivity index (χ1n) is 2.84. The highest BCUT2D eigenvalue weighted by Gasteiger charge is 1.87. The summed E-state index contributed by atoms with van der Waals surface area (Å²) in [5.74, 6) is 0. The summed E-state index contributed by atoms with van der Waals surface area (Å²) in [5, 5.41) is 11.0. The van der Waals surface area contributed by atoms with Crippen molar-refractivity contribution in [2.75, 3.05) is 0 Å². The molecule has 1 N–H and O–H groups in total. The Labute approximate surface area is 50.2 Å². The van der Waals surface area contributed by atoms with Crippen molar-refractivity contribution in [2.24, 2.45) is 5.16 Å². The quantitative estimate of drug-likeness (QED) is 0.339. The maximum atomic E-state index is 8.09. The van der Waals surface area contributed by atoms with Gasteiger partial charge in [-0.1, -0.05) is 18.5 Å². The molecule has 0 unspecified atom stereocenters. The molecule has 2 nitrogen and oxygen atoms in total. The van der Waals surface area contributed by atoms with Crippen LogP contribution in [0.25, 0.3) is 0 Å². The molecule has 0 heterocycles. The Kier molecular flexibility index (Phi) is 4.32. The van der Waals surface area contributed by atoms with E-state index in [4.69, 9.17) is 5.21 Å². The van der Waals surface area contributed by atoms with Crippen LogP contribution in [0.15, 0.2) is 5.16 Å². The van der Waals surface area contributed by atoms with E-state index in [9.17, 15) is 0 Å². The zero-order valence-corrected chi connectivity index (χ0v) is 5.22. The highest BCUT2D eigenvalue weighted by Crippen LogP contribution is 1.94. The van der Waals surface area contributed by atoms with Crippen molar-refractivity contribution in [3.8, 4) is 0 Å². The first kappa shape index (κ1) is 7.47. The Balaban J connectivity index is 3.12. The van der Waals surface area contributed by atoms with Crippen molar-refractivity contribution < 1.29 is 5.21 Å². The highest BCUT2D eigenvalue weighted by atomic mass is 16.4. The summed E-state index contributed by atoms with van der Waals surface area (Å²) < 4.78 is 0. The fourth-order valence-corrected chi connectivity index (χ4v) is 0.431. The molecule has 8 heavy (non-hydrogen) atoms. The number of hydrogen-bond acceptors (Lipinski definition) is 2. The van der Waals surface area contributed by atoms with E-state index in [1.165, 1.54) is 0 Å². The topological polar surface area (TPSA) is 32.6 Å². The van der Waals surface area contributed by atoms with Crippen LogP contribution in [-0.2, 0) is 0 Å². The van der Waals surface area contributed by atoms with Gasteiger partial charge in [0.1, 0.15) is 0 Å². The third-order valence-electron chi connectivity index (χ3n) is 0.960. The summed E-state index contributed by atoms with van der Waals surface area (Å²) in [6.07, 6.45) is 2.99. The van der Waals surface area contributed by atoms with Gasteiger partial charge in [0.25, 0.3) is 0 Å². The van der Waals surface area contributed by atoms with E-state index in [0.717, 1.165) is 19.3 Å². The molecule has 0 fully saturated rings. The molecule has 0 aromatic heterocycles. The van der Waals surface area contributed by atoms with E-state index in [0.29, 0.717) is 5.71 Å². The van der Waals surface area contributed by atoms with E-state index in [1.54, 1.807) is 0 Å². The van der Waals surface area contributed by atoms with Crippen molar-refractivity contribution in [1.29, 1.82) is 0 Å². The molecular formula is C6H12NO. The summed E-state index contributed by atoms with van der Waals surface area (Å²) in [4.78, 5) is 0. The predicted octanol–water partition coefficient (Wildman–Crippen LogP) is 1.84. The summed E-state index contributed by atoms with van der Waals surface area (Å²) in [6.45, 7) is 5.58. The monoisotopic (exact) mass is 114 g/mol. The standard InChI is InChI=1S/C6H12NO/c1-3-4-5-6(2)7-8/h8H,2-5H2,1H3. The van der Waals surface area contributed by atoms with Gasteiger partial charge < -0.3 is 5.21 Å². The van der Waals surface area contributed by atoms with Crippen LogP contribution in [0.5, 0.6) is 0 Å². The van der Waals surface area contributed by atoms with Crippen molar-refractivity contribution >= 4 is 5.71 Å². The van der Waals surface area contributed by atoms with Crippen LogP contribution in [0.3, 0.4) is 0 Å². The molecule has 0 bridgehead atoms. The molecule has 2 heteroatoms. The summed E-state index contributed by atoms with van der Waals surface area (Å²) in [7, 11) is 0. The fourth-order valence-electron chi connectivity index (χ4n) is 0.431. The normalized spacial score (nSPS) is 12.0. The Morgan fingerprint density at radius 1 is 1.75 bits per heavy atom. The van der Waals surface area contributed by atoms with E-state index in [-0.39, 0.29) is 0 Å². The molecule has 0 spiro atoms. The van der Waals surface area contributed by atoms with Gasteiger partial charge in [0.2, 0.25) is 0 Å². The number of oxime groups is 1. The van der Waals surface area contributed by atoms with Crippen LogP contribution in [0.4, 0.5) is 0 Å². The van der Waals surface area contributed by atoms with Crippen molar-refractivity contribution in [2.45, 2.75) is 26.2 Å². The first-order chi connectivity index (χ1) is 3.81. The Morgan fingerprint density at radius 3 is 2.75 bits per heavy atom. The van der Waals surface area contributed by atoms with Gasteiger partial charge in [-0.25, -0.2) is 0 Å². The lowest BCUT2D eigenvalue weighted by Gasteiger charge is -1.91. The summed E-state index contributed by atoms with van der Waals surface area (Å²) in [5.41, 5.74) is 0.576. The lowest BCUT2D eigenvalue weighted by molar-refractivity contribution is 0.318. The molecule has 0 saturated heterocycles. The minimum atomic E-state index is 0.576. The Hall–Kier alpha value is -0.530. The van der Waals surface area contributed by atoms with Crippen molar-refractivity contribution in [1.82, 2.24) is 0 Å². The van der Waals surface area contributed by atoms with Crippen LogP contribution in [0.2, 0.25) is 0 Å². The number of nitrogens with zero attached hydrogens (tertiary/aromatic N) is 1. The van der Waals surface area contributed by atoms with Crippen LogP contribution >= 0.6 is 0 Å². The molecule has 0 aromatic carbocycles. The van der Waals surface area contributed by atoms with Gasteiger partial charge in [-0.2, -0.15) is 0 Å². The SMILES string of the molecule is [CH2]C(CCCC)=NO. The van der Waals surface area contributed by atoms with Crippen molar-refractivity contribution in [3.63, 3.8) is 0 Å². The molecule has 0 amide bonds. The largest absolute Gasteiger partial charge is 0.411 e.